The van der Waals surface area contributed by atoms with Crippen LogP contribution >= 0.6 is 11.6 Å². The number of halogens is 1. The van der Waals surface area contributed by atoms with Crippen molar-refractivity contribution < 1.29 is 9.53 Å². The van der Waals surface area contributed by atoms with E-state index in [2.05, 4.69) is 17.2 Å². The van der Waals surface area contributed by atoms with Crippen LogP contribution in [-0.2, 0) is 6.61 Å². The molecule has 3 rings (SSSR count). The maximum absolute atomic E-state index is 12.4. The van der Waals surface area contributed by atoms with Crippen molar-refractivity contribution in [2.45, 2.75) is 51.7 Å². The van der Waals surface area contributed by atoms with E-state index >= 15 is 0 Å². The van der Waals surface area contributed by atoms with E-state index in [0.29, 0.717) is 28.9 Å². The molecule has 1 aliphatic rings. The highest BCUT2D eigenvalue weighted by atomic mass is 35.5. The first-order valence-corrected chi connectivity index (χ1v) is 9.64. The number of benzene rings is 1. The number of nitrogens with zero attached hydrogens (tertiary/aromatic N) is 1. The summed E-state index contributed by atoms with van der Waals surface area (Å²) in [6.45, 7) is 2.44. The summed E-state index contributed by atoms with van der Waals surface area (Å²) in [4.78, 5) is 16.8. The molecule has 0 unspecified atom stereocenters. The maximum atomic E-state index is 12.4. The quantitative estimate of drug-likeness (QED) is 0.775. The van der Waals surface area contributed by atoms with Crippen LogP contribution in [0.4, 0.5) is 0 Å². The molecular weight excluding hydrogens is 348 g/mol. The third kappa shape index (κ3) is 5.21. The van der Waals surface area contributed by atoms with Gasteiger partial charge in [0, 0.05) is 17.3 Å². The Balaban J connectivity index is 1.52. The van der Waals surface area contributed by atoms with Gasteiger partial charge in [-0.25, -0.2) is 0 Å². The summed E-state index contributed by atoms with van der Waals surface area (Å²) >= 11 is 5.94. The van der Waals surface area contributed by atoms with Gasteiger partial charge in [-0.3, -0.25) is 9.78 Å². The zero-order valence-corrected chi connectivity index (χ0v) is 15.8. The van der Waals surface area contributed by atoms with Crippen LogP contribution in [0.1, 0.15) is 55.1 Å². The fourth-order valence-corrected chi connectivity index (χ4v) is 3.58. The van der Waals surface area contributed by atoms with Gasteiger partial charge in [0.25, 0.3) is 5.91 Å². The summed E-state index contributed by atoms with van der Waals surface area (Å²) in [5.74, 6) is 1.23. The lowest BCUT2D eigenvalue weighted by molar-refractivity contribution is 0.0919. The molecule has 1 aromatic heterocycles. The molecule has 2 aromatic rings. The number of nitrogens with one attached hydrogen (secondary N) is 1. The highest BCUT2D eigenvalue weighted by Gasteiger charge is 2.21. The number of aromatic nitrogens is 1. The molecule has 0 spiro atoms. The molecule has 1 N–H and O–H groups in total. The predicted molar refractivity (Wildman–Crippen MR) is 104 cm³/mol. The first-order valence-electron chi connectivity index (χ1n) is 9.26. The number of hydrogen-bond acceptors (Lipinski definition) is 3. The molecule has 1 fully saturated rings. The Labute approximate surface area is 159 Å². The van der Waals surface area contributed by atoms with Crippen molar-refractivity contribution in [2.24, 2.45) is 5.92 Å². The topological polar surface area (TPSA) is 51.2 Å². The Kier molecular flexibility index (Phi) is 6.51. The van der Waals surface area contributed by atoms with E-state index in [0.717, 1.165) is 5.69 Å². The molecule has 4 nitrogen and oxygen atoms in total. The second-order valence-corrected chi connectivity index (χ2v) is 7.38. The third-order valence-corrected chi connectivity index (χ3v) is 5.22. The van der Waals surface area contributed by atoms with Crippen LogP contribution in [0.2, 0.25) is 5.02 Å². The van der Waals surface area contributed by atoms with Crippen molar-refractivity contribution in [3.8, 4) is 5.75 Å². The summed E-state index contributed by atoms with van der Waals surface area (Å²) in [7, 11) is 0. The summed E-state index contributed by atoms with van der Waals surface area (Å²) < 4.78 is 5.67. The molecule has 1 saturated carbocycles. The fourth-order valence-electron chi connectivity index (χ4n) is 3.40. The average Bonchev–Trinajstić information content (AvgIpc) is 2.67. The van der Waals surface area contributed by atoms with Gasteiger partial charge >= 0.3 is 0 Å². The van der Waals surface area contributed by atoms with E-state index in [4.69, 9.17) is 16.3 Å². The first kappa shape index (κ1) is 18.7. The lowest BCUT2D eigenvalue weighted by atomic mass is 9.84. The number of rotatable bonds is 6. The van der Waals surface area contributed by atoms with Gasteiger partial charge in [0.2, 0.25) is 0 Å². The van der Waals surface area contributed by atoms with Gasteiger partial charge in [0.15, 0.2) is 0 Å². The van der Waals surface area contributed by atoms with Crippen LogP contribution in [0.5, 0.6) is 5.75 Å². The van der Waals surface area contributed by atoms with E-state index < -0.39 is 0 Å². The van der Waals surface area contributed by atoms with E-state index in [9.17, 15) is 4.79 Å². The first-order chi connectivity index (χ1) is 12.6. The average molecular weight is 373 g/mol. The van der Waals surface area contributed by atoms with Crippen LogP contribution in [0, 0.1) is 5.92 Å². The van der Waals surface area contributed by atoms with Gasteiger partial charge < -0.3 is 10.1 Å². The molecule has 1 heterocycles. The van der Waals surface area contributed by atoms with Gasteiger partial charge in [0.05, 0.1) is 11.3 Å². The molecule has 1 atom stereocenters. The molecule has 0 bridgehead atoms. The van der Waals surface area contributed by atoms with Crippen LogP contribution < -0.4 is 10.1 Å². The molecule has 138 valence electrons. The Morgan fingerprint density at radius 3 is 2.77 bits per heavy atom. The summed E-state index contributed by atoms with van der Waals surface area (Å²) in [5, 5.41) is 3.76. The zero-order chi connectivity index (χ0) is 18.4. The van der Waals surface area contributed by atoms with Crippen molar-refractivity contribution in [3.63, 3.8) is 0 Å². The van der Waals surface area contributed by atoms with Crippen LogP contribution in [0.3, 0.4) is 0 Å². The smallest absolute Gasteiger partial charge is 0.253 e. The summed E-state index contributed by atoms with van der Waals surface area (Å²) in [5.41, 5.74) is 1.35. The standard InChI is InChI=1S/C21H25ClN2O2/c1-15(16-6-3-2-4-7-16)24-21(25)17-10-11-19(23-13-17)14-26-20-9-5-8-18(22)12-20/h5,8-13,15-16H,2-4,6-7,14H2,1H3,(H,24,25)/t15-/m1/s1. The van der Waals surface area contributed by atoms with Crippen LogP contribution in [-0.4, -0.2) is 16.9 Å². The van der Waals surface area contributed by atoms with Crippen molar-refractivity contribution in [3.05, 3.63) is 58.9 Å². The highest BCUT2D eigenvalue weighted by Crippen LogP contribution is 2.26. The number of carbonyl (C=O) groups excluding carboxylic acids is 1. The molecule has 0 radical (unpaired) electrons. The van der Waals surface area contributed by atoms with Gasteiger partial charge in [0.1, 0.15) is 12.4 Å². The molecule has 1 aromatic carbocycles. The Morgan fingerprint density at radius 2 is 2.08 bits per heavy atom. The summed E-state index contributed by atoms with van der Waals surface area (Å²) in [6.07, 6.45) is 7.89. The predicted octanol–water partition coefficient (Wildman–Crippen LogP) is 5.01. The second-order valence-electron chi connectivity index (χ2n) is 6.94. The number of carbonyl (C=O) groups is 1. The van der Waals surface area contributed by atoms with Crippen molar-refractivity contribution in [1.82, 2.24) is 10.3 Å². The molecule has 0 saturated heterocycles. The minimum Gasteiger partial charge on any atom is -0.487 e. The van der Waals surface area contributed by atoms with Crippen molar-refractivity contribution in [1.29, 1.82) is 0 Å². The third-order valence-electron chi connectivity index (χ3n) is 4.99. The molecule has 1 amide bonds. The lowest BCUT2D eigenvalue weighted by Crippen LogP contribution is -2.38. The Morgan fingerprint density at radius 1 is 1.27 bits per heavy atom. The SMILES string of the molecule is C[C@@H](NC(=O)c1ccc(COc2cccc(Cl)c2)nc1)C1CCCCC1. The van der Waals surface area contributed by atoms with E-state index in [1.165, 1.54) is 32.1 Å². The Hall–Kier alpha value is -2.07. The Bertz CT molecular complexity index is 727. The molecule has 1 aliphatic carbocycles. The monoisotopic (exact) mass is 372 g/mol. The number of ether oxygens (including phenoxy) is 1. The summed E-state index contributed by atoms with van der Waals surface area (Å²) in [6, 6.07) is 11.1. The van der Waals surface area contributed by atoms with Crippen LogP contribution in [0.15, 0.2) is 42.6 Å². The largest absolute Gasteiger partial charge is 0.487 e. The fraction of sp³-hybridized carbons (Fsp3) is 0.429. The van der Waals surface area contributed by atoms with Crippen molar-refractivity contribution in [2.75, 3.05) is 0 Å². The number of amides is 1. The zero-order valence-electron chi connectivity index (χ0n) is 15.1. The lowest BCUT2D eigenvalue weighted by Gasteiger charge is -2.28. The minimum absolute atomic E-state index is 0.0575. The van der Waals surface area contributed by atoms with Gasteiger partial charge in [-0.05, 0) is 56.0 Å². The van der Waals surface area contributed by atoms with Gasteiger partial charge in [-0.2, -0.15) is 0 Å². The molecular formula is C21H25ClN2O2. The molecule has 26 heavy (non-hydrogen) atoms. The minimum atomic E-state index is -0.0575. The van der Waals surface area contributed by atoms with E-state index in [1.54, 1.807) is 24.4 Å². The van der Waals surface area contributed by atoms with Crippen molar-refractivity contribution >= 4 is 17.5 Å². The van der Waals surface area contributed by atoms with E-state index in [1.807, 2.05) is 18.2 Å². The van der Waals surface area contributed by atoms with E-state index in [-0.39, 0.29) is 11.9 Å². The van der Waals surface area contributed by atoms with Gasteiger partial charge in [-0.1, -0.05) is 36.9 Å². The number of pyridine rings is 1. The normalized spacial score (nSPS) is 16.1. The van der Waals surface area contributed by atoms with Gasteiger partial charge in [-0.15, -0.1) is 0 Å². The molecule has 5 heteroatoms. The maximum Gasteiger partial charge on any atom is 0.253 e. The second kappa shape index (κ2) is 9.04. The molecule has 0 aliphatic heterocycles. The highest BCUT2D eigenvalue weighted by molar-refractivity contribution is 6.30. The van der Waals surface area contributed by atoms with Crippen LogP contribution in [0.25, 0.3) is 0 Å². The number of hydrogen-bond donors (Lipinski definition) is 1.